The van der Waals surface area contributed by atoms with Crippen LogP contribution in [0.4, 0.5) is 0 Å². The minimum Gasteiger partial charge on any atom is -0.491 e. The van der Waals surface area contributed by atoms with Crippen LogP contribution in [0.5, 0.6) is 5.75 Å². The highest BCUT2D eigenvalue weighted by Gasteiger charge is 2.29. The number of nitrogens with zero attached hydrogens (tertiary/aromatic N) is 2. The Bertz CT molecular complexity index is 1040. The fourth-order valence-corrected chi connectivity index (χ4v) is 3.87. The van der Waals surface area contributed by atoms with Crippen molar-refractivity contribution in [1.82, 2.24) is 14.7 Å². The molecule has 0 radical (unpaired) electrons. The van der Waals surface area contributed by atoms with Gasteiger partial charge in [0.05, 0.1) is 24.0 Å². The van der Waals surface area contributed by atoms with Crippen LogP contribution in [0, 0.1) is 0 Å². The van der Waals surface area contributed by atoms with Crippen molar-refractivity contribution in [3.8, 4) is 5.75 Å². The fourth-order valence-electron chi connectivity index (χ4n) is 3.87. The van der Waals surface area contributed by atoms with E-state index in [-0.39, 0.29) is 17.9 Å². The first-order chi connectivity index (χ1) is 13.6. The summed E-state index contributed by atoms with van der Waals surface area (Å²) in [6.45, 7) is 8.38. The van der Waals surface area contributed by atoms with Crippen LogP contribution in [-0.2, 0) is 17.8 Å². The van der Waals surface area contributed by atoms with Crippen molar-refractivity contribution in [1.29, 1.82) is 0 Å². The third-order valence-corrected chi connectivity index (χ3v) is 5.03. The Morgan fingerprint density at radius 2 is 2.21 bits per heavy atom. The number of amides is 1. The van der Waals surface area contributed by atoms with E-state index in [1.54, 1.807) is 0 Å². The van der Waals surface area contributed by atoms with E-state index in [0.29, 0.717) is 13.0 Å². The molecule has 0 unspecified atom stereocenters. The van der Waals surface area contributed by atoms with E-state index >= 15 is 0 Å². The summed E-state index contributed by atoms with van der Waals surface area (Å²) < 4.78 is 8.07. The molecule has 1 atom stereocenters. The van der Waals surface area contributed by atoms with Crippen LogP contribution in [-0.4, -0.2) is 21.4 Å². The second-order valence-electron chi connectivity index (χ2n) is 7.43. The molecule has 3 heterocycles. The molecule has 0 spiro atoms. The third-order valence-electron chi connectivity index (χ3n) is 5.03. The molecule has 3 aromatic rings. The maximum absolute atomic E-state index is 12.4. The number of aromatic nitrogens is 2. The van der Waals surface area contributed by atoms with Crippen molar-refractivity contribution in [3.63, 3.8) is 0 Å². The van der Waals surface area contributed by atoms with Crippen molar-refractivity contribution in [2.75, 3.05) is 0 Å². The van der Waals surface area contributed by atoms with Crippen molar-refractivity contribution in [2.45, 2.75) is 45.3 Å². The highest BCUT2D eigenvalue weighted by molar-refractivity contribution is 5.78. The topological polar surface area (TPSA) is 55.6 Å². The van der Waals surface area contributed by atoms with Gasteiger partial charge in [-0.3, -0.25) is 4.79 Å². The van der Waals surface area contributed by atoms with E-state index in [1.165, 1.54) is 0 Å². The Balaban J connectivity index is 1.84. The van der Waals surface area contributed by atoms with Gasteiger partial charge in [-0.15, -0.1) is 6.58 Å². The van der Waals surface area contributed by atoms with Crippen LogP contribution in [0.25, 0.3) is 5.65 Å². The second kappa shape index (κ2) is 7.50. The van der Waals surface area contributed by atoms with Gasteiger partial charge < -0.3 is 14.5 Å². The third kappa shape index (κ3) is 3.40. The molecular formula is C23H25N3O2. The minimum atomic E-state index is -0.0634. The maximum Gasteiger partial charge on any atom is 0.221 e. The molecule has 5 nitrogen and oxygen atoms in total. The van der Waals surface area contributed by atoms with Gasteiger partial charge in [0.1, 0.15) is 11.4 Å². The van der Waals surface area contributed by atoms with Gasteiger partial charge in [0.15, 0.2) is 0 Å². The monoisotopic (exact) mass is 375 g/mol. The van der Waals surface area contributed by atoms with Gasteiger partial charge in [0.2, 0.25) is 5.91 Å². The number of ether oxygens (including phenoxy) is 1. The number of rotatable bonds is 5. The smallest absolute Gasteiger partial charge is 0.221 e. The lowest BCUT2D eigenvalue weighted by atomic mass is 9.89. The highest BCUT2D eigenvalue weighted by atomic mass is 16.5. The average molecular weight is 375 g/mol. The van der Waals surface area contributed by atoms with Crippen molar-refractivity contribution >= 4 is 11.6 Å². The molecule has 1 aromatic carbocycles. The Hall–Kier alpha value is -3.08. The van der Waals surface area contributed by atoms with E-state index < -0.39 is 0 Å². The summed E-state index contributed by atoms with van der Waals surface area (Å²) in [6.07, 6.45) is 5.11. The summed E-state index contributed by atoms with van der Waals surface area (Å²) >= 11 is 0. The quantitative estimate of drug-likeness (QED) is 0.686. The Morgan fingerprint density at radius 3 is 3.00 bits per heavy atom. The molecule has 144 valence electrons. The van der Waals surface area contributed by atoms with E-state index in [9.17, 15) is 4.79 Å². The Kier molecular flexibility index (Phi) is 4.90. The number of pyridine rings is 1. The highest BCUT2D eigenvalue weighted by Crippen LogP contribution is 2.35. The van der Waals surface area contributed by atoms with Gasteiger partial charge in [-0.05, 0) is 49.6 Å². The van der Waals surface area contributed by atoms with Crippen LogP contribution in [0.1, 0.15) is 48.7 Å². The molecule has 4 rings (SSSR count). The van der Waals surface area contributed by atoms with E-state index in [1.807, 2.05) is 50.4 Å². The van der Waals surface area contributed by atoms with Gasteiger partial charge in [-0.2, -0.15) is 0 Å². The summed E-state index contributed by atoms with van der Waals surface area (Å²) in [5.41, 5.74) is 5.09. The number of allylic oxidation sites excluding steroid dienone is 1. The zero-order valence-electron chi connectivity index (χ0n) is 16.3. The van der Waals surface area contributed by atoms with Gasteiger partial charge in [0.25, 0.3) is 0 Å². The normalized spacial score (nSPS) is 16.5. The standard InChI is InChI=1S/C23H25N3O2/c1-4-7-17-12-16(9-10-20(17)28-15(2)3)18-13-22(27)24-14-19-23(18)26-11-6-5-8-21(26)25-19/h4-6,8-12,15,18H,1,7,13-14H2,2-3H3,(H,24,27)/t18-/m0/s1. The second-order valence-corrected chi connectivity index (χ2v) is 7.43. The first-order valence-electron chi connectivity index (χ1n) is 9.69. The van der Waals surface area contributed by atoms with Crippen LogP contribution < -0.4 is 10.1 Å². The Labute approximate surface area is 165 Å². The number of benzene rings is 1. The first kappa shape index (κ1) is 18.3. The van der Waals surface area contributed by atoms with E-state index in [2.05, 4.69) is 28.4 Å². The molecule has 1 aliphatic heterocycles. The van der Waals surface area contributed by atoms with Crippen molar-refractivity contribution < 1.29 is 9.53 Å². The summed E-state index contributed by atoms with van der Waals surface area (Å²) in [4.78, 5) is 17.1. The number of fused-ring (bicyclic) bond motifs is 3. The SMILES string of the molecule is C=CCc1cc([C@@H]2CC(=O)NCc3nc4ccccn4c32)ccc1OC(C)C. The number of nitrogens with one attached hydrogen (secondary N) is 1. The van der Waals surface area contributed by atoms with Crippen LogP contribution in [0.2, 0.25) is 0 Å². The Morgan fingerprint density at radius 1 is 1.36 bits per heavy atom. The molecule has 2 aromatic heterocycles. The summed E-state index contributed by atoms with van der Waals surface area (Å²) in [5, 5.41) is 2.98. The number of hydrogen-bond donors (Lipinski definition) is 1. The summed E-state index contributed by atoms with van der Waals surface area (Å²) in [7, 11) is 0. The molecule has 0 saturated heterocycles. The zero-order chi connectivity index (χ0) is 19.7. The van der Waals surface area contributed by atoms with Gasteiger partial charge in [0, 0.05) is 18.5 Å². The molecule has 0 saturated carbocycles. The fraction of sp³-hybridized carbons (Fsp3) is 0.304. The average Bonchev–Trinajstić information content (AvgIpc) is 2.95. The van der Waals surface area contributed by atoms with Gasteiger partial charge >= 0.3 is 0 Å². The lowest BCUT2D eigenvalue weighted by molar-refractivity contribution is -0.121. The molecule has 0 aliphatic carbocycles. The van der Waals surface area contributed by atoms with Crippen molar-refractivity contribution in [2.24, 2.45) is 0 Å². The predicted octanol–water partition coefficient (Wildman–Crippen LogP) is 4.00. The first-order valence-corrected chi connectivity index (χ1v) is 9.69. The van der Waals surface area contributed by atoms with E-state index in [4.69, 9.17) is 9.72 Å². The minimum absolute atomic E-state index is 0.0421. The molecule has 1 aliphatic rings. The van der Waals surface area contributed by atoms with Crippen LogP contribution in [0.3, 0.4) is 0 Å². The molecule has 0 fully saturated rings. The van der Waals surface area contributed by atoms with Crippen LogP contribution in [0.15, 0.2) is 55.3 Å². The molecule has 1 amide bonds. The van der Waals surface area contributed by atoms with Gasteiger partial charge in [-0.1, -0.05) is 24.3 Å². The predicted molar refractivity (Wildman–Crippen MR) is 110 cm³/mol. The molecule has 1 N–H and O–H groups in total. The number of hydrogen-bond acceptors (Lipinski definition) is 3. The molecule has 28 heavy (non-hydrogen) atoms. The molecule has 5 heteroatoms. The number of carbonyl (C=O) groups is 1. The molecule has 0 bridgehead atoms. The lowest BCUT2D eigenvalue weighted by Gasteiger charge is -2.19. The zero-order valence-corrected chi connectivity index (χ0v) is 16.3. The summed E-state index contributed by atoms with van der Waals surface area (Å²) in [5.74, 6) is 0.849. The maximum atomic E-state index is 12.4. The van der Waals surface area contributed by atoms with Crippen LogP contribution >= 0.6 is 0 Å². The molecular weight excluding hydrogens is 350 g/mol. The number of carbonyl (C=O) groups excluding carboxylic acids is 1. The van der Waals surface area contributed by atoms with E-state index in [0.717, 1.165) is 40.3 Å². The largest absolute Gasteiger partial charge is 0.491 e. The number of imidazole rings is 1. The summed E-state index contributed by atoms with van der Waals surface area (Å²) in [6, 6.07) is 12.2. The lowest BCUT2D eigenvalue weighted by Crippen LogP contribution is -2.21. The van der Waals surface area contributed by atoms with Gasteiger partial charge in [-0.25, -0.2) is 4.98 Å². The van der Waals surface area contributed by atoms with Crippen molar-refractivity contribution in [3.05, 3.63) is 77.8 Å².